The van der Waals surface area contributed by atoms with Gasteiger partial charge in [0.15, 0.2) is 16.6 Å². The number of amides is 3. The average molecular weight is 570 g/mol. The number of carboxylic acids is 1. The van der Waals surface area contributed by atoms with Crippen LogP contribution in [0.25, 0.3) is 0 Å². The summed E-state index contributed by atoms with van der Waals surface area (Å²) >= 11 is 1.00. The number of carboxylic acid groups (broad SMARTS) is 1. The number of nitroso groups, excluding NO2 is 1. The molecule has 16 nitrogen and oxygen atoms in total. The largest absolute Gasteiger partial charge is 0.489 e. The smallest absolute Gasteiger partial charge is 0.356 e. The van der Waals surface area contributed by atoms with Gasteiger partial charge in [-0.05, 0) is 23.7 Å². The molecule has 3 atom stereocenters. The molecule has 0 spiro atoms. The number of ether oxygens (including phenoxy) is 1. The van der Waals surface area contributed by atoms with E-state index in [-0.39, 0.29) is 47.4 Å². The summed E-state index contributed by atoms with van der Waals surface area (Å²) in [5, 5.41) is 27.6. The highest BCUT2D eigenvalue weighted by atomic mass is 32.1. The van der Waals surface area contributed by atoms with E-state index in [0.29, 0.717) is 5.69 Å². The molecule has 0 bridgehead atoms. The lowest BCUT2D eigenvalue weighted by Gasteiger charge is -2.49. The van der Waals surface area contributed by atoms with Crippen LogP contribution in [0, 0.1) is 15.0 Å². The number of anilines is 2. The molecule has 4 N–H and O–H groups in total. The highest BCUT2D eigenvalue weighted by Crippen LogP contribution is 2.35. The van der Waals surface area contributed by atoms with Crippen molar-refractivity contribution in [2.45, 2.75) is 24.5 Å². The monoisotopic (exact) mass is 569 g/mol. The molecule has 1 unspecified atom stereocenters. The van der Waals surface area contributed by atoms with E-state index in [4.69, 9.17) is 10.5 Å². The van der Waals surface area contributed by atoms with Crippen molar-refractivity contribution in [3.05, 3.63) is 73.5 Å². The molecule has 40 heavy (non-hydrogen) atoms. The van der Waals surface area contributed by atoms with Gasteiger partial charge in [-0.3, -0.25) is 29.4 Å². The van der Waals surface area contributed by atoms with Gasteiger partial charge < -0.3 is 25.8 Å². The molecule has 1 aromatic heterocycles. The Balaban J connectivity index is 1.34. The highest BCUT2D eigenvalue weighted by Gasteiger charge is 2.55. The number of hydrogen-bond acceptors (Lipinski definition) is 12. The van der Waals surface area contributed by atoms with Crippen molar-refractivity contribution < 1.29 is 33.9 Å². The van der Waals surface area contributed by atoms with Crippen molar-refractivity contribution in [2.24, 2.45) is 5.18 Å². The number of β-lactam (4-membered cyclic amide) rings is 1. The molecule has 2 fully saturated rings. The number of aromatic nitrogens is 1. The van der Waals surface area contributed by atoms with Gasteiger partial charge >= 0.3 is 5.97 Å². The molecular formula is C23H19N7O9S. The Labute approximate surface area is 227 Å². The molecular weight excluding hydrogens is 550 g/mol. The number of carbonyl (C=O) groups is 4. The van der Waals surface area contributed by atoms with Crippen LogP contribution in [0.3, 0.4) is 0 Å². The van der Waals surface area contributed by atoms with Crippen LogP contribution >= 0.6 is 11.3 Å². The van der Waals surface area contributed by atoms with Crippen LogP contribution in [-0.2, 0) is 23.9 Å². The molecule has 3 aliphatic heterocycles. The van der Waals surface area contributed by atoms with Gasteiger partial charge in [0.2, 0.25) is 6.04 Å². The molecule has 3 amide bonds. The number of allylic oxidation sites excluding steroid dienone is 1. The van der Waals surface area contributed by atoms with Crippen molar-refractivity contribution in [1.29, 1.82) is 0 Å². The number of nitro groups is 1. The van der Waals surface area contributed by atoms with Crippen molar-refractivity contribution in [1.82, 2.24) is 15.2 Å². The Morgan fingerprint density at radius 1 is 1.38 bits per heavy atom. The molecule has 17 heteroatoms. The fraction of sp³-hybridized carbons (Fsp3) is 0.261. The van der Waals surface area contributed by atoms with Crippen molar-refractivity contribution >= 4 is 51.5 Å². The van der Waals surface area contributed by atoms with E-state index in [1.165, 1.54) is 34.6 Å². The normalized spacial score (nSPS) is 21.9. The summed E-state index contributed by atoms with van der Waals surface area (Å²) in [5.74, 6) is -3.89. The molecule has 0 saturated carbocycles. The summed E-state index contributed by atoms with van der Waals surface area (Å²) in [6, 6.07) is 1.90. The van der Waals surface area contributed by atoms with E-state index in [0.717, 1.165) is 16.2 Å². The molecule has 0 radical (unpaired) electrons. The number of hydrogen-bond donors (Lipinski definition) is 3. The summed E-state index contributed by atoms with van der Waals surface area (Å²) in [5.41, 5.74) is 5.33. The number of nitro benzene ring substituents is 1. The topological polar surface area (TPSA) is 228 Å². The van der Waals surface area contributed by atoms with Gasteiger partial charge in [-0.1, -0.05) is 6.07 Å². The minimum Gasteiger partial charge on any atom is -0.489 e. The number of rotatable bonds is 8. The Morgan fingerprint density at radius 2 is 2.15 bits per heavy atom. The first-order valence-electron chi connectivity index (χ1n) is 11.6. The fourth-order valence-electron chi connectivity index (χ4n) is 4.65. The second-order valence-corrected chi connectivity index (χ2v) is 9.75. The number of nitrogens with two attached hydrogens (primary N) is 1. The number of fused-ring (bicyclic) bond motifs is 1. The lowest BCUT2D eigenvalue weighted by atomic mass is 9.92. The van der Waals surface area contributed by atoms with Crippen LogP contribution in [-0.4, -0.2) is 68.8 Å². The van der Waals surface area contributed by atoms with Gasteiger partial charge in [0, 0.05) is 29.6 Å². The van der Waals surface area contributed by atoms with E-state index < -0.39 is 52.4 Å². The second-order valence-electron chi connectivity index (χ2n) is 8.86. The number of aliphatic carboxylic acids is 1. The maximum absolute atomic E-state index is 13.0. The fourth-order valence-corrected chi connectivity index (χ4v) is 5.23. The second kappa shape index (κ2) is 10.2. The first-order chi connectivity index (χ1) is 19.1. The lowest BCUT2D eigenvalue weighted by molar-refractivity contribution is -0.384. The van der Waals surface area contributed by atoms with Crippen LogP contribution in [0.15, 0.2) is 57.9 Å². The minimum atomic E-state index is -1.56. The van der Waals surface area contributed by atoms with Gasteiger partial charge in [-0.15, -0.1) is 16.2 Å². The number of nitrogens with one attached hydrogen (secondary N) is 1. The number of non-ortho nitro benzene ring substituents is 1. The summed E-state index contributed by atoms with van der Waals surface area (Å²) in [6.07, 6.45) is 1.43. The highest BCUT2D eigenvalue weighted by molar-refractivity contribution is 7.13. The molecule has 1 aromatic carbocycles. The van der Waals surface area contributed by atoms with E-state index in [1.54, 1.807) is 6.07 Å². The molecule has 2 saturated heterocycles. The minimum absolute atomic E-state index is 0.0129. The van der Waals surface area contributed by atoms with E-state index >= 15 is 0 Å². The molecule has 206 valence electrons. The van der Waals surface area contributed by atoms with E-state index in [9.17, 15) is 39.3 Å². The summed E-state index contributed by atoms with van der Waals surface area (Å²) < 4.78 is 5.63. The standard InChI is InChI=1S/C23H19N7O9S/c24-23-25-13(9-40-23)16(27-36)19(31)26-17-14-8-39-15(18(22(34)35)29(14)21(17)33)6-10-4-5-28(20(10)32)11-2-1-3-12(7-11)30(37)38/h1-3,6-7,9,14,16-17H,4-5,8H2,(H2,24,25)(H,26,31)(H,34,35)/t14-,16?,17+/m1/s1. The molecule has 3 aliphatic rings. The number of carbonyl (C=O) groups excluding carboxylic acids is 3. The molecule has 4 heterocycles. The SMILES string of the molecule is Nc1nc(C(N=O)C(=O)N[C@@H]2C(=O)N3C(C(=O)O)=C(C=C4CCN(c5cccc([N+](=O)[O-])c5)C4=O)OC[C@H]23)cs1. The quantitative estimate of drug-likeness (QED) is 0.132. The Hall–Kier alpha value is -5.19. The number of thiazole rings is 1. The zero-order valence-electron chi connectivity index (χ0n) is 20.3. The van der Waals surface area contributed by atoms with Crippen LogP contribution in [0.5, 0.6) is 0 Å². The van der Waals surface area contributed by atoms with Crippen LogP contribution in [0.1, 0.15) is 18.2 Å². The molecule has 2 aromatic rings. The van der Waals surface area contributed by atoms with Gasteiger partial charge in [0.1, 0.15) is 18.7 Å². The van der Waals surface area contributed by atoms with Crippen LogP contribution < -0.4 is 16.0 Å². The summed E-state index contributed by atoms with van der Waals surface area (Å²) in [4.78, 5) is 78.7. The molecule has 0 aliphatic carbocycles. The third kappa shape index (κ3) is 4.51. The Morgan fingerprint density at radius 3 is 2.80 bits per heavy atom. The van der Waals surface area contributed by atoms with Crippen LogP contribution in [0.2, 0.25) is 0 Å². The maximum atomic E-state index is 13.0. The maximum Gasteiger partial charge on any atom is 0.356 e. The Kier molecular flexibility index (Phi) is 6.72. The van der Waals surface area contributed by atoms with Gasteiger partial charge in [-0.2, -0.15) is 0 Å². The summed E-state index contributed by atoms with van der Waals surface area (Å²) in [7, 11) is 0. The number of benzene rings is 1. The van der Waals surface area contributed by atoms with E-state index in [1.807, 2.05) is 0 Å². The van der Waals surface area contributed by atoms with Gasteiger partial charge in [0.25, 0.3) is 23.4 Å². The van der Waals surface area contributed by atoms with Crippen molar-refractivity contribution in [2.75, 3.05) is 23.8 Å². The molecule has 5 rings (SSSR count). The third-order valence-electron chi connectivity index (χ3n) is 6.56. The Bertz CT molecular complexity index is 1530. The van der Waals surface area contributed by atoms with Crippen molar-refractivity contribution in [3.8, 4) is 0 Å². The predicted molar refractivity (Wildman–Crippen MR) is 136 cm³/mol. The first kappa shape index (κ1) is 26.4. The predicted octanol–water partition coefficient (Wildman–Crippen LogP) is 0.826. The number of nitrogen functional groups attached to an aromatic ring is 1. The zero-order valence-corrected chi connectivity index (χ0v) is 21.1. The summed E-state index contributed by atoms with van der Waals surface area (Å²) in [6.45, 7) is -0.0182. The van der Waals surface area contributed by atoms with Gasteiger partial charge in [0.05, 0.1) is 16.3 Å². The van der Waals surface area contributed by atoms with Crippen LogP contribution in [0.4, 0.5) is 16.5 Å². The number of nitrogens with zero attached hydrogens (tertiary/aromatic N) is 5. The third-order valence-corrected chi connectivity index (χ3v) is 7.25. The lowest BCUT2D eigenvalue weighted by Crippen LogP contribution is -2.73. The average Bonchev–Trinajstić information content (AvgIpc) is 3.52. The van der Waals surface area contributed by atoms with E-state index in [2.05, 4.69) is 15.5 Å². The first-order valence-corrected chi connectivity index (χ1v) is 12.5. The van der Waals surface area contributed by atoms with Crippen molar-refractivity contribution in [3.63, 3.8) is 0 Å². The van der Waals surface area contributed by atoms with Gasteiger partial charge in [-0.25, -0.2) is 9.78 Å². The zero-order chi connectivity index (χ0) is 28.7.